The third kappa shape index (κ3) is 2.88. The Labute approximate surface area is 247 Å². The molecule has 42 heavy (non-hydrogen) atoms. The van der Waals surface area contributed by atoms with Crippen molar-refractivity contribution >= 4 is 5.97 Å². The van der Waals surface area contributed by atoms with Crippen molar-refractivity contribution in [2.45, 2.75) is 88.1 Å². The van der Waals surface area contributed by atoms with Gasteiger partial charge in [0.05, 0.1) is 29.9 Å². The molecule has 2 aliphatic heterocycles. The van der Waals surface area contributed by atoms with Gasteiger partial charge in [-0.1, -0.05) is 13.8 Å². The van der Waals surface area contributed by atoms with Crippen LogP contribution >= 0.6 is 0 Å². The molecule has 1 aromatic rings. The van der Waals surface area contributed by atoms with E-state index in [9.17, 15) is 9.18 Å². The van der Waals surface area contributed by atoms with Gasteiger partial charge in [-0.25, -0.2) is 9.18 Å². The maximum Gasteiger partial charge on any atom is 0.338 e. The lowest BCUT2D eigenvalue weighted by Crippen LogP contribution is -2.81. The molecule has 3 spiro atoms. The molecule has 0 N–H and O–H groups in total. The summed E-state index contributed by atoms with van der Waals surface area (Å²) in [5.74, 6) is -0.232. The van der Waals surface area contributed by atoms with Gasteiger partial charge in [0.15, 0.2) is 5.60 Å². The SMILES string of the molecule is CCN1C[C@]2(C)CC[C@H](OC)[C@@]34[C@@H]5C[C@H]6[C@H](OC)[C@@H]5[C@@]5(C[C@@H]6OC)OCO[C@@]5([C@@H](OC(=O)c5ccc(F)c(C)c5)[C@H]23)[C@@H]14. The Kier molecular flexibility index (Phi) is 5.96. The zero-order chi connectivity index (χ0) is 29.4. The molecule has 0 aromatic heterocycles. The molecule has 2 saturated heterocycles. The number of ether oxygens (including phenoxy) is 6. The van der Waals surface area contributed by atoms with E-state index < -0.39 is 23.3 Å². The van der Waals surface area contributed by atoms with E-state index in [-0.39, 0.29) is 71.5 Å². The Bertz CT molecular complexity index is 1310. The van der Waals surface area contributed by atoms with Crippen LogP contribution in [-0.2, 0) is 28.4 Å². The largest absolute Gasteiger partial charge is 0.455 e. The fraction of sp³-hybridized carbons (Fsp3) is 0.788. The van der Waals surface area contributed by atoms with Gasteiger partial charge >= 0.3 is 5.97 Å². The number of halogens is 1. The minimum absolute atomic E-state index is 0.00780. The normalized spacial score (nSPS) is 51.5. The molecule has 0 unspecified atom stereocenters. The fourth-order valence-electron chi connectivity index (χ4n) is 12.5. The zero-order valence-corrected chi connectivity index (χ0v) is 25.6. The fourth-order valence-corrected chi connectivity index (χ4v) is 12.5. The molecular formula is C33H44FNO7. The van der Waals surface area contributed by atoms with Crippen LogP contribution in [0.25, 0.3) is 0 Å². The lowest BCUT2D eigenvalue weighted by atomic mass is 9.43. The van der Waals surface area contributed by atoms with E-state index in [0.717, 1.165) is 32.4 Å². The number of hydrogen-bond donors (Lipinski definition) is 0. The summed E-state index contributed by atoms with van der Waals surface area (Å²) in [7, 11) is 5.45. The summed E-state index contributed by atoms with van der Waals surface area (Å²) in [5.41, 5.74) is -1.36. The third-order valence-corrected chi connectivity index (χ3v) is 13.4. The smallest absolute Gasteiger partial charge is 0.338 e. The van der Waals surface area contributed by atoms with Crippen LogP contribution in [0.1, 0.15) is 55.5 Å². The molecule has 9 heteroatoms. The van der Waals surface area contributed by atoms with E-state index in [4.69, 9.17) is 28.4 Å². The van der Waals surface area contributed by atoms with Crippen molar-refractivity contribution in [1.82, 2.24) is 4.90 Å². The molecule has 13 atom stereocenters. The number of piperidine rings is 1. The van der Waals surface area contributed by atoms with Crippen molar-refractivity contribution in [1.29, 1.82) is 0 Å². The molecule has 2 heterocycles. The summed E-state index contributed by atoms with van der Waals surface area (Å²) in [6.45, 7) is 8.19. The Morgan fingerprint density at radius 3 is 2.67 bits per heavy atom. The number of methoxy groups -OCH3 is 3. The van der Waals surface area contributed by atoms with E-state index in [1.165, 1.54) is 12.1 Å². The van der Waals surface area contributed by atoms with Gasteiger partial charge in [0.25, 0.3) is 0 Å². The minimum atomic E-state index is -0.929. The number of likely N-dealkylation sites (tertiary alicyclic amines) is 1. The summed E-state index contributed by atoms with van der Waals surface area (Å²) in [6.07, 6.45) is 2.86. The summed E-state index contributed by atoms with van der Waals surface area (Å²) in [4.78, 5) is 16.7. The molecular weight excluding hydrogens is 541 g/mol. The van der Waals surface area contributed by atoms with Crippen molar-refractivity contribution in [2.24, 2.45) is 34.5 Å². The number of likely N-dealkylation sites (N-methyl/N-ethyl adjacent to an activating group) is 1. The number of rotatable bonds is 6. The first-order valence-corrected chi connectivity index (χ1v) is 15.8. The first kappa shape index (κ1) is 27.9. The monoisotopic (exact) mass is 585 g/mol. The highest BCUT2D eigenvalue weighted by Gasteiger charge is 2.94. The number of carbonyl (C=O) groups excluding carboxylic acids is 1. The second kappa shape index (κ2) is 8.98. The van der Waals surface area contributed by atoms with Gasteiger partial charge in [0.1, 0.15) is 24.3 Å². The van der Waals surface area contributed by atoms with Crippen molar-refractivity contribution in [3.63, 3.8) is 0 Å². The van der Waals surface area contributed by atoms with Gasteiger partial charge in [-0.2, -0.15) is 0 Å². The molecule has 0 radical (unpaired) electrons. The molecule has 0 amide bonds. The average Bonchev–Trinajstić information content (AvgIpc) is 3.57. The number of esters is 1. The van der Waals surface area contributed by atoms with E-state index >= 15 is 0 Å². The molecule has 7 bridgehead atoms. The van der Waals surface area contributed by atoms with Gasteiger partial charge in [-0.05, 0) is 67.8 Å². The molecule has 8 nitrogen and oxygen atoms in total. The van der Waals surface area contributed by atoms with Crippen LogP contribution in [0.4, 0.5) is 4.39 Å². The van der Waals surface area contributed by atoms with Crippen LogP contribution in [0.5, 0.6) is 0 Å². The predicted octanol–water partition coefficient (Wildman–Crippen LogP) is 3.98. The minimum Gasteiger partial charge on any atom is -0.455 e. The summed E-state index contributed by atoms with van der Waals surface area (Å²) in [6, 6.07) is 4.40. The Morgan fingerprint density at radius 1 is 1.17 bits per heavy atom. The highest BCUT2D eigenvalue weighted by Crippen LogP contribution is 2.82. The Morgan fingerprint density at radius 2 is 1.98 bits per heavy atom. The van der Waals surface area contributed by atoms with E-state index in [0.29, 0.717) is 17.5 Å². The number of nitrogens with zero attached hydrogens (tertiary/aromatic N) is 1. The van der Waals surface area contributed by atoms with Crippen LogP contribution in [0.15, 0.2) is 18.2 Å². The first-order valence-electron chi connectivity index (χ1n) is 15.8. The molecule has 7 aliphatic rings. The number of hydrogen-bond acceptors (Lipinski definition) is 8. The number of benzene rings is 1. The van der Waals surface area contributed by atoms with Crippen LogP contribution < -0.4 is 0 Å². The van der Waals surface area contributed by atoms with Crippen LogP contribution in [-0.4, -0.2) is 93.7 Å². The molecule has 5 saturated carbocycles. The van der Waals surface area contributed by atoms with E-state index in [1.54, 1.807) is 20.1 Å². The summed E-state index contributed by atoms with van der Waals surface area (Å²) in [5, 5.41) is 0. The zero-order valence-electron chi connectivity index (χ0n) is 25.6. The first-order chi connectivity index (χ1) is 20.2. The van der Waals surface area contributed by atoms with Crippen LogP contribution in [0, 0.1) is 47.2 Å². The molecule has 7 fully saturated rings. The van der Waals surface area contributed by atoms with Gasteiger partial charge in [-0.15, -0.1) is 0 Å². The summed E-state index contributed by atoms with van der Waals surface area (Å²) >= 11 is 0. The van der Waals surface area contributed by atoms with Crippen molar-refractivity contribution in [3.8, 4) is 0 Å². The Hall–Kier alpha value is -1.62. The topological polar surface area (TPSA) is 75.7 Å². The molecule has 5 aliphatic carbocycles. The second-order valence-corrected chi connectivity index (χ2v) is 14.4. The van der Waals surface area contributed by atoms with Crippen molar-refractivity contribution < 1.29 is 37.6 Å². The van der Waals surface area contributed by atoms with Crippen LogP contribution in [0.3, 0.4) is 0 Å². The van der Waals surface area contributed by atoms with Crippen molar-refractivity contribution in [3.05, 3.63) is 35.1 Å². The molecule has 8 rings (SSSR count). The second-order valence-electron chi connectivity index (χ2n) is 14.4. The molecule has 230 valence electrons. The van der Waals surface area contributed by atoms with Gasteiger partial charge in [0, 0.05) is 57.5 Å². The van der Waals surface area contributed by atoms with E-state index in [1.807, 2.05) is 14.2 Å². The van der Waals surface area contributed by atoms with Gasteiger partial charge in [0.2, 0.25) is 0 Å². The number of fused-ring (bicyclic) bond motifs is 1. The lowest BCUT2D eigenvalue weighted by Gasteiger charge is -2.69. The summed E-state index contributed by atoms with van der Waals surface area (Å²) < 4.78 is 54.1. The van der Waals surface area contributed by atoms with Crippen LogP contribution in [0.2, 0.25) is 0 Å². The predicted molar refractivity (Wildman–Crippen MR) is 149 cm³/mol. The van der Waals surface area contributed by atoms with E-state index in [2.05, 4.69) is 18.7 Å². The lowest BCUT2D eigenvalue weighted by molar-refractivity contribution is -0.282. The van der Waals surface area contributed by atoms with Crippen molar-refractivity contribution in [2.75, 3.05) is 41.2 Å². The van der Waals surface area contributed by atoms with Gasteiger partial charge in [-0.3, -0.25) is 4.90 Å². The standard InChI is InChI=1S/C33H44FNO7/c1-7-35-15-30(3)11-10-23(38-5)32-20-13-19-22(37-4)14-31(24(20)25(19)39-6)33(29(32)35,41-16-40-31)27(26(30)32)42-28(36)18-8-9-21(34)17(2)12-18/h8-9,12,19-20,22-27,29H,7,10-11,13-16H2,1-6H3/t19-,20-,22+,23+,24-,25+,26-,27+,29+,30+,31-,32+,33+/m1/s1. The molecule has 1 aromatic carbocycles. The number of aryl methyl sites for hydroxylation is 1. The highest BCUT2D eigenvalue weighted by molar-refractivity contribution is 5.90. The highest BCUT2D eigenvalue weighted by atomic mass is 19.1. The third-order valence-electron chi connectivity index (χ3n) is 13.4. The quantitative estimate of drug-likeness (QED) is 0.465. The van der Waals surface area contributed by atoms with Gasteiger partial charge < -0.3 is 28.4 Å². The average molecular weight is 586 g/mol. The Balaban J connectivity index is 1.39. The maximum atomic E-state index is 14.2. The number of carbonyl (C=O) groups is 1. The maximum absolute atomic E-state index is 14.2.